The number of benzene rings is 2. The summed E-state index contributed by atoms with van der Waals surface area (Å²) in [7, 11) is 2.19. The van der Waals surface area contributed by atoms with Gasteiger partial charge in [-0.1, -0.05) is 5.16 Å². The minimum atomic E-state index is 0.0883. The standard InChI is InChI=1S/C28H37N5O3S/c1-21-30-27(26(37-21)20-33-16-14-32(2)15-17-33)22-6-10-24(11-7-22)35-18-4-3-5-19-36-25-12-8-23(9-13-25)28(29)31-34/h6-13,34H,3-5,14-20H2,1-2H3,(H2,29,31). The smallest absolute Gasteiger partial charge is 0.170 e. The highest BCUT2D eigenvalue weighted by Gasteiger charge is 2.18. The molecule has 37 heavy (non-hydrogen) atoms. The Morgan fingerprint density at radius 3 is 2.14 bits per heavy atom. The number of thiazole rings is 1. The number of piperazine rings is 1. The third-order valence-corrected chi connectivity index (χ3v) is 7.43. The van der Waals surface area contributed by atoms with Gasteiger partial charge in [-0.25, -0.2) is 4.98 Å². The van der Waals surface area contributed by atoms with Crippen molar-refractivity contribution in [1.29, 1.82) is 0 Å². The van der Waals surface area contributed by atoms with Gasteiger partial charge in [-0.3, -0.25) is 4.90 Å². The number of likely N-dealkylation sites (N-methyl/N-ethyl adjacent to an activating group) is 1. The van der Waals surface area contributed by atoms with Crippen LogP contribution in [0.1, 0.15) is 34.7 Å². The molecule has 0 radical (unpaired) electrons. The molecular weight excluding hydrogens is 486 g/mol. The molecule has 1 aliphatic rings. The Balaban J connectivity index is 1.17. The van der Waals surface area contributed by atoms with E-state index in [9.17, 15) is 0 Å². The van der Waals surface area contributed by atoms with Crippen LogP contribution in [0.5, 0.6) is 11.5 Å². The van der Waals surface area contributed by atoms with Crippen LogP contribution in [0.2, 0.25) is 0 Å². The van der Waals surface area contributed by atoms with E-state index in [1.165, 1.54) is 4.88 Å². The molecule has 0 spiro atoms. The molecule has 3 aromatic rings. The Labute approximate surface area is 223 Å². The lowest BCUT2D eigenvalue weighted by Gasteiger charge is -2.32. The van der Waals surface area contributed by atoms with E-state index in [2.05, 4.69) is 41.1 Å². The fourth-order valence-corrected chi connectivity index (χ4v) is 5.26. The van der Waals surface area contributed by atoms with Crippen LogP contribution in [0.4, 0.5) is 0 Å². The second kappa shape index (κ2) is 13.4. The van der Waals surface area contributed by atoms with Crippen LogP contribution in [0.15, 0.2) is 53.7 Å². The molecule has 1 aliphatic heterocycles. The minimum Gasteiger partial charge on any atom is -0.494 e. The van der Waals surface area contributed by atoms with E-state index in [0.717, 1.165) is 79.8 Å². The topological polar surface area (TPSA) is 96.4 Å². The average molecular weight is 524 g/mol. The van der Waals surface area contributed by atoms with Gasteiger partial charge in [0.05, 0.1) is 23.9 Å². The van der Waals surface area contributed by atoms with Gasteiger partial charge in [0.15, 0.2) is 5.84 Å². The number of aryl methyl sites for hydroxylation is 1. The van der Waals surface area contributed by atoms with Crippen LogP contribution in [0, 0.1) is 6.92 Å². The molecule has 0 amide bonds. The molecule has 0 aliphatic carbocycles. The number of ether oxygens (including phenoxy) is 2. The molecule has 0 unspecified atom stereocenters. The summed E-state index contributed by atoms with van der Waals surface area (Å²) in [4.78, 5) is 11.1. The van der Waals surface area contributed by atoms with Crippen LogP contribution in [-0.4, -0.2) is 72.3 Å². The molecule has 0 atom stereocenters. The summed E-state index contributed by atoms with van der Waals surface area (Å²) in [6, 6.07) is 15.5. The number of nitrogens with two attached hydrogens (primary N) is 1. The van der Waals surface area contributed by atoms with Gasteiger partial charge in [0, 0.05) is 48.7 Å². The Kier molecular flexibility index (Phi) is 9.76. The molecule has 198 valence electrons. The van der Waals surface area contributed by atoms with Crippen molar-refractivity contribution in [3.8, 4) is 22.8 Å². The molecule has 8 nitrogen and oxygen atoms in total. The molecular formula is C28H37N5O3S. The lowest BCUT2D eigenvalue weighted by molar-refractivity contribution is 0.149. The molecule has 1 saturated heterocycles. The second-order valence-electron chi connectivity index (χ2n) is 9.38. The van der Waals surface area contributed by atoms with E-state index in [0.29, 0.717) is 18.8 Å². The fourth-order valence-electron chi connectivity index (χ4n) is 4.26. The Bertz CT molecular complexity index is 1140. The summed E-state index contributed by atoms with van der Waals surface area (Å²) in [6.45, 7) is 8.83. The number of unbranched alkanes of at least 4 members (excludes halogenated alkanes) is 2. The summed E-state index contributed by atoms with van der Waals surface area (Å²) < 4.78 is 11.7. The maximum Gasteiger partial charge on any atom is 0.170 e. The number of hydrogen-bond donors (Lipinski definition) is 2. The van der Waals surface area contributed by atoms with Crippen LogP contribution in [0.3, 0.4) is 0 Å². The highest BCUT2D eigenvalue weighted by molar-refractivity contribution is 7.12. The molecule has 0 saturated carbocycles. The molecule has 3 N–H and O–H groups in total. The number of hydrogen-bond acceptors (Lipinski definition) is 8. The van der Waals surface area contributed by atoms with Crippen LogP contribution in [0.25, 0.3) is 11.3 Å². The highest BCUT2D eigenvalue weighted by atomic mass is 32.1. The van der Waals surface area contributed by atoms with Gasteiger partial charge in [0.1, 0.15) is 11.5 Å². The number of amidine groups is 1. The van der Waals surface area contributed by atoms with Crippen molar-refractivity contribution in [3.05, 3.63) is 64.0 Å². The van der Waals surface area contributed by atoms with Crippen LogP contribution < -0.4 is 15.2 Å². The first-order valence-electron chi connectivity index (χ1n) is 12.8. The number of oxime groups is 1. The zero-order chi connectivity index (χ0) is 26.0. The first-order valence-corrected chi connectivity index (χ1v) is 13.6. The molecule has 4 rings (SSSR count). The largest absolute Gasteiger partial charge is 0.494 e. The first kappa shape index (κ1) is 26.9. The summed E-state index contributed by atoms with van der Waals surface area (Å²) in [5.41, 5.74) is 8.49. The van der Waals surface area contributed by atoms with Crippen molar-refractivity contribution in [1.82, 2.24) is 14.8 Å². The van der Waals surface area contributed by atoms with Crippen LogP contribution in [-0.2, 0) is 6.54 Å². The predicted molar refractivity (Wildman–Crippen MR) is 149 cm³/mol. The van der Waals surface area contributed by atoms with Crippen molar-refractivity contribution in [2.45, 2.75) is 32.7 Å². The molecule has 1 fully saturated rings. The number of aromatic nitrogens is 1. The maximum atomic E-state index is 8.72. The zero-order valence-corrected chi connectivity index (χ0v) is 22.5. The van der Waals surface area contributed by atoms with E-state index in [1.54, 1.807) is 23.5 Å². The third-order valence-electron chi connectivity index (χ3n) is 6.48. The van der Waals surface area contributed by atoms with Gasteiger partial charge in [-0.2, -0.15) is 0 Å². The summed E-state index contributed by atoms with van der Waals surface area (Å²) in [6.07, 6.45) is 2.94. The monoisotopic (exact) mass is 523 g/mol. The Morgan fingerprint density at radius 1 is 0.946 bits per heavy atom. The van der Waals surface area contributed by atoms with E-state index < -0.39 is 0 Å². The summed E-state index contributed by atoms with van der Waals surface area (Å²) in [5, 5.41) is 12.8. The van der Waals surface area contributed by atoms with Crippen molar-refractivity contribution in [2.24, 2.45) is 10.9 Å². The fraction of sp³-hybridized carbons (Fsp3) is 0.429. The third kappa shape index (κ3) is 7.92. The quantitative estimate of drug-likeness (QED) is 0.118. The average Bonchev–Trinajstić information content (AvgIpc) is 3.29. The Morgan fingerprint density at radius 2 is 1.54 bits per heavy atom. The summed E-state index contributed by atoms with van der Waals surface area (Å²) in [5.74, 6) is 1.75. The molecule has 2 heterocycles. The maximum absolute atomic E-state index is 8.72. The van der Waals surface area contributed by atoms with Gasteiger partial charge in [-0.05, 0) is 81.8 Å². The zero-order valence-electron chi connectivity index (χ0n) is 21.7. The molecule has 2 aromatic carbocycles. The lowest BCUT2D eigenvalue weighted by atomic mass is 10.1. The van der Waals surface area contributed by atoms with E-state index >= 15 is 0 Å². The van der Waals surface area contributed by atoms with Crippen molar-refractivity contribution in [2.75, 3.05) is 46.4 Å². The van der Waals surface area contributed by atoms with E-state index in [4.69, 9.17) is 25.4 Å². The second-order valence-corrected chi connectivity index (χ2v) is 10.7. The first-order chi connectivity index (χ1) is 18.0. The van der Waals surface area contributed by atoms with Crippen LogP contribution >= 0.6 is 11.3 Å². The Hall–Kier alpha value is -3.14. The minimum absolute atomic E-state index is 0.0883. The summed E-state index contributed by atoms with van der Waals surface area (Å²) >= 11 is 1.81. The van der Waals surface area contributed by atoms with Crippen molar-refractivity contribution >= 4 is 17.2 Å². The highest BCUT2D eigenvalue weighted by Crippen LogP contribution is 2.30. The molecule has 0 bridgehead atoms. The van der Waals surface area contributed by atoms with Crippen molar-refractivity contribution < 1.29 is 14.7 Å². The normalized spacial score (nSPS) is 15.1. The van der Waals surface area contributed by atoms with Gasteiger partial charge >= 0.3 is 0 Å². The molecule has 9 heteroatoms. The van der Waals surface area contributed by atoms with Gasteiger partial charge in [0.2, 0.25) is 0 Å². The number of nitrogens with zero attached hydrogens (tertiary/aromatic N) is 4. The van der Waals surface area contributed by atoms with E-state index in [-0.39, 0.29) is 5.84 Å². The van der Waals surface area contributed by atoms with Gasteiger partial charge < -0.3 is 25.3 Å². The predicted octanol–water partition coefficient (Wildman–Crippen LogP) is 4.59. The lowest BCUT2D eigenvalue weighted by Crippen LogP contribution is -2.43. The number of rotatable bonds is 12. The SMILES string of the molecule is Cc1nc(-c2ccc(OCCCCCOc3ccc(C(N)=NO)cc3)cc2)c(CN2CCN(C)CC2)s1. The van der Waals surface area contributed by atoms with E-state index in [1.807, 2.05) is 24.3 Å². The molecule has 1 aromatic heterocycles. The van der Waals surface area contributed by atoms with Crippen molar-refractivity contribution in [3.63, 3.8) is 0 Å². The van der Waals surface area contributed by atoms with Gasteiger partial charge in [0.25, 0.3) is 0 Å². The van der Waals surface area contributed by atoms with Gasteiger partial charge in [-0.15, -0.1) is 11.3 Å².